The maximum Gasteiger partial charge on any atom is 0.0459 e. The zero-order chi connectivity index (χ0) is 19.6. The van der Waals surface area contributed by atoms with Crippen LogP contribution in [-0.2, 0) is 6.54 Å². The van der Waals surface area contributed by atoms with Crippen LogP contribution in [0.5, 0.6) is 0 Å². The molecule has 0 radical (unpaired) electrons. The van der Waals surface area contributed by atoms with Crippen LogP contribution in [0.2, 0.25) is 0 Å². The zero-order valence-electron chi connectivity index (χ0n) is 17.1. The summed E-state index contributed by atoms with van der Waals surface area (Å²) in [6.45, 7) is 5.78. The van der Waals surface area contributed by atoms with Crippen molar-refractivity contribution in [2.75, 3.05) is 13.1 Å². The summed E-state index contributed by atoms with van der Waals surface area (Å²) < 4.78 is 2.25. The molecule has 2 heteroatoms. The number of hydrogen-bond acceptors (Lipinski definition) is 1. The predicted octanol–water partition coefficient (Wildman–Crippen LogP) is 6.57. The Morgan fingerprint density at radius 3 is 2.31 bits per heavy atom. The minimum atomic E-state index is 1.07. The molecule has 0 amide bonds. The van der Waals surface area contributed by atoms with Gasteiger partial charge >= 0.3 is 0 Å². The van der Waals surface area contributed by atoms with Crippen LogP contribution in [-0.4, -0.2) is 22.4 Å². The monoisotopic (exact) mass is 380 g/mol. The lowest BCUT2D eigenvalue weighted by molar-refractivity contribution is 0.221. The van der Waals surface area contributed by atoms with E-state index in [0.29, 0.717) is 0 Å². The van der Waals surface area contributed by atoms with Crippen LogP contribution in [0.3, 0.4) is 0 Å². The third kappa shape index (κ3) is 3.73. The summed E-state index contributed by atoms with van der Waals surface area (Å²) in [6, 6.07) is 24.3. The molecule has 0 N–H and O–H groups in total. The summed E-state index contributed by atoms with van der Waals surface area (Å²) >= 11 is 0. The van der Waals surface area contributed by atoms with Gasteiger partial charge in [0.15, 0.2) is 0 Å². The van der Waals surface area contributed by atoms with E-state index in [1.54, 1.807) is 0 Å². The number of aromatic nitrogens is 1. The minimum absolute atomic E-state index is 1.07. The molecule has 5 rings (SSSR count). The topological polar surface area (TPSA) is 7.65 Å². The average Bonchev–Trinajstić information content (AvgIpc) is 3.18. The minimum Gasteiger partial charge on any atom is -0.323 e. The van der Waals surface area contributed by atoms with Gasteiger partial charge in [-0.25, -0.2) is 0 Å². The lowest BCUT2D eigenvalue weighted by atomic mass is 9.94. The van der Waals surface area contributed by atoms with Crippen molar-refractivity contribution in [3.8, 4) is 22.3 Å². The van der Waals surface area contributed by atoms with Crippen LogP contribution < -0.4 is 0 Å². The summed E-state index contributed by atoms with van der Waals surface area (Å²) in [7, 11) is 0. The predicted molar refractivity (Wildman–Crippen MR) is 122 cm³/mol. The van der Waals surface area contributed by atoms with Gasteiger partial charge in [0.1, 0.15) is 0 Å². The van der Waals surface area contributed by atoms with Gasteiger partial charge in [-0.15, -0.1) is 0 Å². The number of fused-ring (bicyclic) bond motifs is 1. The van der Waals surface area contributed by atoms with Gasteiger partial charge in [0.2, 0.25) is 0 Å². The van der Waals surface area contributed by atoms with Gasteiger partial charge in [0.25, 0.3) is 0 Å². The van der Waals surface area contributed by atoms with Crippen LogP contribution in [0.4, 0.5) is 0 Å². The number of rotatable bonds is 4. The molecule has 1 saturated heterocycles. The number of nitrogens with zero attached hydrogens (tertiary/aromatic N) is 2. The van der Waals surface area contributed by atoms with Crippen LogP contribution >= 0.6 is 0 Å². The van der Waals surface area contributed by atoms with Crippen molar-refractivity contribution in [3.05, 3.63) is 90.3 Å². The first-order valence-electron chi connectivity index (χ1n) is 10.8. The number of benzene rings is 2. The van der Waals surface area contributed by atoms with E-state index in [0.717, 1.165) is 6.54 Å². The average molecular weight is 381 g/mol. The molecule has 4 aromatic rings. The first kappa shape index (κ1) is 18.2. The van der Waals surface area contributed by atoms with Gasteiger partial charge < -0.3 is 4.40 Å². The second-order valence-corrected chi connectivity index (χ2v) is 8.28. The highest BCUT2D eigenvalue weighted by atomic mass is 15.1. The van der Waals surface area contributed by atoms with Crippen molar-refractivity contribution in [3.63, 3.8) is 0 Å². The first-order valence-corrected chi connectivity index (χ1v) is 10.8. The van der Waals surface area contributed by atoms with Crippen molar-refractivity contribution >= 4 is 5.52 Å². The summed E-state index contributed by atoms with van der Waals surface area (Å²) in [4.78, 5) is 2.59. The molecule has 1 aliphatic rings. The molecule has 0 saturated carbocycles. The van der Waals surface area contributed by atoms with Crippen molar-refractivity contribution in [2.45, 2.75) is 32.7 Å². The van der Waals surface area contributed by atoms with E-state index >= 15 is 0 Å². The normalized spacial score (nSPS) is 15.1. The Morgan fingerprint density at radius 1 is 0.759 bits per heavy atom. The van der Waals surface area contributed by atoms with Gasteiger partial charge in [-0.2, -0.15) is 0 Å². The highest BCUT2D eigenvalue weighted by molar-refractivity contribution is 5.80. The maximum absolute atomic E-state index is 2.59. The van der Waals surface area contributed by atoms with Crippen molar-refractivity contribution in [2.24, 2.45) is 0 Å². The van der Waals surface area contributed by atoms with Gasteiger partial charge in [-0.3, -0.25) is 4.90 Å². The molecule has 0 atom stereocenters. The summed E-state index contributed by atoms with van der Waals surface area (Å²) in [5, 5.41) is 0. The van der Waals surface area contributed by atoms with Crippen LogP contribution in [0.25, 0.3) is 27.8 Å². The standard InChI is InChI=1S/C27H28N2/c1-21-26(23-9-4-2-5-10-23)11-8-12-27(21)24-18-25-17-22(13-16-29(25)20-24)19-28-14-6-3-7-15-28/h2,4-5,8-13,16-18,20H,3,6-7,14-15,19H2,1H3. The first-order chi connectivity index (χ1) is 14.3. The molecule has 0 aliphatic carbocycles. The van der Waals surface area contributed by atoms with Crippen molar-refractivity contribution in [1.82, 2.24) is 9.30 Å². The molecular formula is C27H28N2. The Balaban J connectivity index is 1.48. The Hall–Kier alpha value is -2.84. The number of pyridine rings is 1. The molecule has 1 aliphatic heterocycles. The van der Waals surface area contributed by atoms with Gasteiger partial charge in [-0.1, -0.05) is 55.0 Å². The van der Waals surface area contributed by atoms with E-state index in [-0.39, 0.29) is 0 Å². The quantitative estimate of drug-likeness (QED) is 0.389. The molecule has 146 valence electrons. The fourth-order valence-corrected chi connectivity index (χ4v) is 4.66. The number of hydrogen-bond donors (Lipinski definition) is 0. The van der Waals surface area contributed by atoms with E-state index < -0.39 is 0 Å². The number of likely N-dealkylation sites (tertiary alicyclic amines) is 1. The molecule has 2 aromatic heterocycles. The second kappa shape index (κ2) is 7.88. The molecule has 2 aromatic carbocycles. The smallest absolute Gasteiger partial charge is 0.0459 e. The van der Waals surface area contributed by atoms with E-state index in [1.807, 2.05) is 0 Å². The Kier molecular flexibility index (Phi) is 4.95. The molecule has 0 unspecified atom stereocenters. The van der Waals surface area contributed by atoms with Crippen LogP contribution in [0.15, 0.2) is 79.1 Å². The maximum atomic E-state index is 2.59. The SMILES string of the molecule is Cc1c(-c2ccccc2)cccc1-c1cc2cc(CN3CCCCC3)ccn2c1. The lowest BCUT2D eigenvalue weighted by Crippen LogP contribution is -2.29. The van der Waals surface area contributed by atoms with E-state index in [9.17, 15) is 0 Å². The van der Waals surface area contributed by atoms with Gasteiger partial charge in [0, 0.05) is 30.0 Å². The fourth-order valence-electron chi connectivity index (χ4n) is 4.66. The molecule has 1 fully saturated rings. The van der Waals surface area contributed by atoms with Gasteiger partial charge in [-0.05, 0) is 78.9 Å². The molecule has 0 bridgehead atoms. The second-order valence-electron chi connectivity index (χ2n) is 8.28. The van der Waals surface area contributed by atoms with Crippen molar-refractivity contribution < 1.29 is 0 Å². The van der Waals surface area contributed by atoms with Crippen molar-refractivity contribution in [1.29, 1.82) is 0 Å². The van der Waals surface area contributed by atoms with E-state index in [2.05, 4.69) is 95.3 Å². The summed E-state index contributed by atoms with van der Waals surface area (Å²) in [6.07, 6.45) is 8.55. The van der Waals surface area contributed by atoms with E-state index in [4.69, 9.17) is 0 Å². The Morgan fingerprint density at radius 2 is 1.52 bits per heavy atom. The summed E-state index contributed by atoms with van der Waals surface area (Å²) in [5.41, 5.74) is 9.22. The van der Waals surface area contributed by atoms with Crippen LogP contribution in [0, 0.1) is 6.92 Å². The van der Waals surface area contributed by atoms with E-state index in [1.165, 1.54) is 71.2 Å². The third-order valence-corrected chi connectivity index (χ3v) is 6.25. The molecule has 0 spiro atoms. The largest absolute Gasteiger partial charge is 0.323 e. The highest BCUT2D eigenvalue weighted by Crippen LogP contribution is 2.33. The highest BCUT2D eigenvalue weighted by Gasteiger charge is 2.12. The molecular weight excluding hydrogens is 352 g/mol. The Labute approximate surface area is 173 Å². The number of piperidine rings is 1. The third-order valence-electron chi connectivity index (χ3n) is 6.25. The summed E-state index contributed by atoms with van der Waals surface area (Å²) in [5.74, 6) is 0. The molecule has 29 heavy (non-hydrogen) atoms. The van der Waals surface area contributed by atoms with Gasteiger partial charge in [0.05, 0.1) is 0 Å². The molecule has 2 nitrogen and oxygen atoms in total. The molecule has 3 heterocycles. The fraction of sp³-hybridized carbons (Fsp3) is 0.259. The zero-order valence-corrected chi connectivity index (χ0v) is 17.1. The lowest BCUT2D eigenvalue weighted by Gasteiger charge is -2.26. The van der Waals surface area contributed by atoms with Crippen LogP contribution in [0.1, 0.15) is 30.4 Å². The Bertz CT molecular complexity index is 1120.